The summed E-state index contributed by atoms with van der Waals surface area (Å²) in [6.45, 7) is 2.74. The van der Waals surface area contributed by atoms with Crippen molar-refractivity contribution in [3.63, 3.8) is 0 Å². The number of phenolic OH excluding ortho intramolecular Hbond substituents is 1. The number of unbranched alkanes of at least 4 members (excludes halogenated alkanes) is 9. The number of carbonyl (C=O) groups excluding carboxylic acids is 1. The summed E-state index contributed by atoms with van der Waals surface area (Å²) in [6.07, 6.45) is 17.7. The third kappa shape index (κ3) is 11.5. The van der Waals surface area contributed by atoms with Crippen LogP contribution in [0.1, 0.15) is 82.3 Å². The lowest BCUT2D eigenvalue weighted by Crippen LogP contribution is -2.02. The fraction of sp³-hybridized carbons (Fsp3) is 0.429. The van der Waals surface area contributed by atoms with Gasteiger partial charge in [0.25, 0.3) is 0 Å². The Balaban J connectivity index is 1.57. The van der Waals surface area contributed by atoms with Gasteiger partial charge in [0.1, 0.15) is 5.75 Å². The Hall–Kier alpha value is -2.88. The van der Waals surface area contributed by atoms with Gasteiger partial charge in [-0.15, -0.1) is 0 Å². The number of nitrogens with zero attached hydrogens (tertiary/aromatic N) is 1. The largest absolute Gasteiger partial charge is 0.508 e. The van der Waals surface area contributed by atoms with Crippen molar-refractivity contribution in [2.75, 3.05) is 6.61 Å². The molecule has 0 aliphatic rings. The van der Waals surface area contributed by atoms with Crippen LogP contribution in [0.5, 0.6) is 5.75 Å². The van der Waals surface area contributed by atoms with Crippen molar-refractivity contribution in [2.45, 2.75) is 71.1 Å². The van der Waals surface area contributed by atoms with Gasteiger partial charge in [-0.3, -0.25) is 4.99 Å². The zero-order valence-electron chi connectivity index (χ0n) is 19.3. The first-order valence-electron chi connectivity index (χ1n) is 12.0. The molecular weight excluding hydrogens is 398 g/mol. The standard InChI is InChI=1S/C28H37NO3/c1-2-3-4-5-6-7-8-9-10-11-22-32-28(31)21-16-24-12-14-25(15-13-24)23-29-26-17-19-27(30)20-18-26/h12-21,23,30H,2-11,22H2,1H3. The van der Waals surface area contributed by atoms with E-state index in [0.29, 0.717) is 6.61 Å². The van der Waals surface area contributed by atoms with E-state index >= 15 is 0 Å². The Bertz CT molecular complexity index is 823. The zero-order chi connectivity index (χ0) is 22.9. The normalized spacial score (nSPS) is 11.4. The first-order chi connectivity index (χ1) is 15.7. The highest BCUT2D eigenvalue weighted by molar-refractivity contribution is 5.87. The maximum Gasteiger partial charge on any atom is 0.330 e. The number of aromatic hydroxyl groups is 1. The van der Waals surface area contributed by atoms with E-state index in [1.54, 1.807) is 36.6 Å². The van der Waals surface area contributed by atoms with Crippen LogP contribution in [0.3, 0.4) is 0 Å². The number of hydrogen-bond acceptors (Lipinski definition) is 4. The molecule has 32 heavy (non-hydrogen) atoms. The van der Waals surface area contributed by atoms with Gasteiger partial charge in [-0.25, -0.2) is 4.79 Å². The lowest BCUT2D eigenvalue weighted by molar-refractivity contribution is -0.137. The van der Waals surface area contributed by atoms with Crippen LogP contribution in [-0.2, 0) is 9.53 Å². The molecule has 0 radical (unpaired) electrons. The van der Waals surface area contributed by atoms with Gasteiger partial charge in [-0.1, -0.05) is 89.0 Å². The van der Waals surface area contributed by atoms with Gasteiger partial charge in [0.2, 0.25) is 0 Å². The van der Waals surface area contributed by atoms with Crippen molar-refractivity contribution in [1.82, 2.24) is 0 Å². The topological polar surface area (TPSA) is 58.9 Å². The Morgan fingerprint density at radius 1 is 0.812 bits per heavy atom. The van der Waals surface area contributed by atoms with Crippen LogP contribution in [0.2, 0.25) is 0 Å². The quantitative estimate of drug-likeness (QED) is 0.135. The monoisotopic (exact) mass is 435 g/mol. The first kappa shape index (κ1) is 25.4. The van der Waals surface area contributed by atoms with Gasteiger partial charge in [-0.05, 0) is 47.9 Å². The predicted octanol–water partition coefficient (Wildman–Crippen LogP) is 7.62. The minimum absolute atomic E-state index is 0.224. The molecule has 0 heterocycles. The maximum absolute atomic E-state index is 11.9. The van der Waals surface area contributed by atoms with Crippen molar-refractivity contribution >= 4 is 23.9 Å². The highest BCUT2D eigenvalue weighted by Crippen LogP contribution is 2.16. The SMILES string of the molecule is CCCCCCCCCCCCOC(=O)C=Cc1ccc(C=Nc2ccc(O)cc2)cc1. The highest BCUT2D eigenvalue weighted by atomic mass is 16.5. The lowest BCUT2D eigenvalue weighted by Gasteiger charge is -2.03. The van der Waals surface area contributed by atoms with Gasteiger partial charge >= 0.3 is 5.97 Å². The van der Waals surface area contributed by atoms with Crippen molar-refractivity contribution < 1.29 is 14.6 Å². The summed E-state index contributed by atoms with van der Waals surface area (Å²) in [4.78, 5) is 16.3. The molecule has 0 atom stereocenters. The molecule has 0 amide bonds. The van der Waals surface area contributed by atoms with Crippen LogP contribution in [0.4, 0.5) is 5.69 Å². The van der Waals surface area contributed by atoms with Crippen LogP contribution in [0, 0.1) is 0 Å². The molecule has 0 bridgehead atoms. The van der Waals surface area contributed by atoms with E-state index in [9.17, 15) is 9.90 Å². The second-order valence-corrected chi connectivity index (χ2v) is 8.12. The summed E-state index contributed by atoms with van der Waals surface area (Å²) in [7, 11) is 0. The van der Waals surface area contributed by atoms with Crippen LogP contribution in [0.25, 0.3) is 6.08 Å². The van der Waals surface area contributed by atoms with Crippen LogP contribution >= 0.6 is 0 Å². The highest BCUT2D eigenvalue weighted by Gasteiger charge is 1.98. The van der Waals surface area contributed by atoms with Crippen LogP contribution in [0.15, 0.2) is 59.6 Å². The number of carbonyl (C=O) groups is 1. The Morgan fingerprint density at radius 3 is 2.00 bits per heavy atom. The van der Waals surface area contributed by atoms with E-state index in [1.165, 1.54) is 57.4 Å². The predicted molar refractivity (Wildman–Crippen MR) is 134 cm³/mol. The smallest absolute Gasteiger partial charge is 0.330 e. The Morgan fingerprint density at radius 2 is 1.38 bits per heavy atom. The molecule has 1 N–H and O–H groups in total. The van der Waals surface area contributed by atoms with E-state index in [1.807, 2.05) is 24.3 Å². The Labute approximate surface area is 193 Å². The molecule has 0 spiro atoms. The number of phenols is 1. The molecular formula is C28H37NO3. The average molecular weight is 436 g/mol. The number of rotatable bonds is 15. The molecule has 0 saturated carbocycles. The average Bonchev–Trinajstić information content (AvgIpc) is 2.81. The molecule has 0 aliphatic carbocycles. The number of aliphatic imine (C=N–C) groups is 1. The van der Waals surface area contributed by atoms with Crippen molar-refractivity contribution in [2.24, 2.45) is 4.99 Å². The van der Waals surface area contributed by atoms with Crippen LogP contribution in [-0.4, -0.2) is 23.9 Å². The van der Waals surface area contributed by atoms with Gasteiger partial charge in [0, 0.05) is 12.3 Å². The summed E-state index contributed by atoms with van der Waals surface area (Å²) in [5, 5.41) is 9.30. The molecule has 4 heteroatoms. The summed E-state index contributed by atoms with van der Waals surface area (Å²) in [6, 6.07) is 14.5. The second-order valence-electron chi connectivity index (χ2n) is 8.12. The molecule has 2 aromatic rings. The van der Waals surface area contributed by atoms with Gasteiger partial charge in [-0.2, -0.15) is 0 Å². The van der Waals surface area contributed by atoms with Crippen molar-refractivity contribution in [3.05, 3.63) is 65.7 Å². The summed E-state index contributed by atoms with van der Waals surface area (Å²) in [5.74, 6) is -0.0685. The summed E-state index contributed by atoms with van der Waals surface area (Å²) in [5.41, 5.74) is 2.67. The van der Waals surface area contributed by atoms with Gasteiger partial charge < -0.3 is 9.84 Å². The van der Waals surface area contributed by atoms with Gasteiger partial charge in [0.15, 0.2) is 0 Å². The fourth-order valence-electron chi connectivity index (χ4n) is 3.36. The van der Waals surface area contributed by atoms with Crippen molar-refractivity contribution in [3.8, 4) is 5.75 Å². The summed E-state index contributed by atoms with van der Waals surface area (Å²) >= 11 is 0. The zero-order valence-corrected chi connectivity index (χ0v) is 19.3. The van der Waals surface area contributed by atoms with Gasteiger partial charge in [0.05, 0.1) is 12.3 Å². The first-order valence-corrected chi connectivity index (χ1v) is 12.0. The molecule has 0 unspecified atom stereocenters. The van der Waals surface area contributed by atoms with E-state index in [0.717, 1.165) is 29.7 Å². The molecule has 0 saturated heterocycles. The Kier molecular flexibility index (Phi) is 12.6. The fourth-order valence-corrected chi connectivity index (χ4v) is 3.36. The molecule has 4 nitrogen and oxygen atoms in total. The molecule has 172 valence electrons. The number of hydrogen-bond donors (Lipinski definition) is 1. The molecule has 2 rings (SSSR count). The summed E-state index contributed by atoms with van der Waals surface area (Å²) < 4.78 is 5.29. The molecule has 0 aromatic heterocycles. The third-order valence-corrected chi connectivity index (χ3v) is 5.30. The lowest BCUT2D eigenvalue weighted by atomic mass is 10.1. The van der Waals surface area contributed by atoms with E-state index in [4.69, 9.17) is 4.74 Å². The van der Waals surface area contributed by atoms with Crippen molar-refractivity contribution in [1.29, 1.82) is 0 Å². The van der Waals surface area contributed by atoms with E-state index < -0.39 is 0 Å². The molecule has 0 aliphatic heterocycles. The van der Waals surface area contributed by atoms with E-state index in [-0.39, 0.29) is 11.7 Å². The number of benzene rings is 2. The van der Waals surface area contributed by atoms with E-state index in [2.05, 4.69) is 11.9 Å². The number of esters is 1. The molecule has 0 fully saturated rings. The second kappa shape index (κ2) is 15.9. The minimum Gasteiger partial charge on any atom is -0.508 e. The number of ether oxygens (including phenoxy) is 1. The molecule has 2 aromatic carbocycles. The third-order valence-electron chi connectivity index (χ3n) is 5.30. The van der Waals surface area contributed by atoms with Crippen LogP contribution < -0.4 is 0 Å². The minimum atomic E-state index is -0.293. The maximum atomic E-state index is 11.9.